The van der Waals surface area contributed by atoms with Crippen molar-refractivity contribution in [3.63, 3.8) is 0 Å². The molecule has 4 heteroatoms. The molecule has 3 nitrogen and oxygen atoms in total. The Labute approximate surface area is 105 Å². The van der Waals surface area contributed by atoms with Crippen molar-refractivity contribution in [3.05, 3.63) is 22.6 Å². The van der Waals surface area contributed by atoms with Crippen LogP contribution in [0, 0.1) is 0 Å². The molecule has 0 aromatic carbocycles. The van der Waals surface area contributed by atoms with E-state index >= 15 is 0 Å². The third-order valence-electron chi connectivity index (χ3n) is 3.31. The molecule has 0 radical (unpaired) electrons. The molecule has 2 rings (SSSR count). The minimum Gasteiger partial charge on any atom is -0.466 e. The first-order chi connectivity index (χ1) is 7.67. The average molecular weight is 288 g/mol. The normalized spacial score (nSPS) is 27.9. The molecule has 90 valence electrons. The van der Waals surface area contributed by atoms with Crippen molar-refractivity contribution in [1.29, 1.82) is 0 Å². The summed E-state index contributed by atoms with van der Waals surface area (Å²) in [6.07, 6.45) is 5.14. The number of hydrogen-bond donors (Lipinski definition) is 1. The molecule has 1 aliphatic heterocycles. The van der Waals surface area contributed by atoms with Gasteiger partial charge in [-0.05, 0) is 55.2 Å². The largest absolute Gasteiger partial charge is 0.466 e. The predicted octanol–water partition coefficient (Wildman–Crippen LogP) is 3.26. The van der Waals surface area contributed by atoms with Gasteiger partial charge < -0.3 is 14.5 Å². The predicted molar refractivity (Wildman–Crippen MR) is 66.4 cm³/mol. The smallest absolute Gasteiger partial charge is 0.137 e. The van der Waals surface area contributed by atoms with Crippen molar-refractivity contribution < 1.29 is 9.15 Å². The van der Waals surface area contributed by atoms with Gasteiger partial charge in [-0.15, -0.1) is 0 Å². The lowest BCUT2D eigenvalue weighted by molar-refractivity contribution is -0.0923. The van der Waals surface area contributed by atoms with Crippen molar-refractivity contribution >= 4 is 15.9 Å². The number of furan rings is 1. The number of hydrogen-bond acceptors (Lipinski definition) is 3. The first-order valence-corrected chi connectivity index (χ1v) is 6.51. The van der Waals surface area contributed by atoms with Crippen LogP contribution in [0.25, 0.3) is 0 Å². The lowest BCUT2D eigenvalue weighted by Gasteiger charge is -2.39. The molecule has 2 unspecified atom stereocenters. The summed E-state index contributed by atoms with van der Waals surface area (Å²) in [6, 6.07) is 2.02. The molecular formula is C12H18BrNO2. The van der Waals surface area contributed by atoms with E-state index in [0.717, 1.165) is 29.7 Å². The molecule has 0 aliphatic carbocycles. The molecule has 1 N–H and O–H groups in total. The zero-order chi connectivity index (χ0) is 11.6. The molecule has 16 heavy (non-hydrogen) atoms. The molecule has 2 atom stereocenters. The van der Waals surface area contributed by atoms with Crippen molar-refractivity contribution in [3.8, 4) is 0 Å². The van der Waals surface area contributed by atoms with E-state index < -0.39 is 0 Å². The number of nitrogens with one attached hydrogen (secondary N) is 1. The maximum Gasteiger partial charge on any atom is 0.137 e. The molecule has 1 aromatic heterocycles. The third-order valence-corrected chi connectivity index (χ3v) is 3.96. The monoisotopic (exact) mass is 287 g/mol. The summed E-state index contributed by atoms with van der Waals surface area (Å²) in [7, 11) is 1.95. The van der Waals surface area contributed by atoms with Crippen LogP contribution in [-0.4, -0.2) is 19.3 Å². The van der Waals surface area contributed by atoms with E-state index in [-0.39, 0.29) is 11.6 Å². The first-order valence-electron chi connectivity index (χ1n) is 5.71. The van der Waals surface area contributed by atoms with E-state index in [1.165, 1.54) is 6.42 Å². The average Bonchev–Trinajstić information content (AvgIpc) is 2.67. The quantitative estimate of drug-likeness (QED) is 0.927. The second-order valence-electron chi connectivity index (χ2n) is 4.47. The van der Waals surface area contributed by atoms with Gasteiger partial charge in [0.25, 0.3) is 0 Å². The second kappa shape index (κ2) is 4.90. The SMILES string of the molecule is CNC(c1occc1Br)C1(C)CCCCO1. The van der Waals surface area contributed by atoms with Crippen molar-refractivity contribution in [2.75, 3.05) is 13.7 Å². The maximum absolute atomic E-state index is 5.95. The van der Waals surface area contributed by atoms with Crippen LogP contribution >= 0.6 is 15.9 Å². The van der Waals surface area contributed by atoms with Gasteiger partial charge in [0.2, 0.25) is 0 Å². The Morgan fingerprint density at radius 2 is 2.31 bits per heavy atom. The Bertz CT molecular complexity index is 345. The Hall–Kier alpha value is -0.320. The van der Waals surface area contributed by atoms with Gasteiger partial charge in [0.1, 0.15) is 5.76 Å². The highest BCUT2D eigenvalue weighted by Gasteiger charge is 2.39. The summed E-state index contributed by atoms with van der Waals surface area (Å²) >= 11 is 3.51. The lowest BCUT2D eigenvalue weighted by atomic mass is 9.87. The van der Waals surface area contributed by atoms with Crippen LogP contribution in [0.4, 0.5) is 0 Å². The summed E-state index contributed by atoms with van der Waals surface area (Å²) in [5.41, 5.74) is -0.173. The van der Waals surface area contributed by atoms with Gasteiger partial charge in [-0.2, -0.15) is 0 Å². The first kappa shape index (κ1) is 12.1. The van der Waals surface area contributed by atoms with Crippen LogP contribution in [-0.2, 0) is 4.74 Å². The van der Waals surface area contributed by atoms with E-state index in [0.29, 0.717) is 0 Å². The summed E-state index contributed by atoms with van der Waals surface area (Å²) in [4.78, 5) is 0. The van der Waals surface area contributed by atoms with Crippen LogP contribution in [0.5, 0.6) is 0 Å². The van der Waals surface area contributed by atoms with E-state index in [9.17, 15) is 0 Å². The zero-order valence-electron chi connectivity index (χ0n) is 9.75. The Morgan fingerprint density at radius 3 is 2.81 bits per heavy atom. The number of halogens is 1. The topological polar surface area (TPSA) is 34.4 Å². The van der Waals surface area contributed by atoms with Crippen LogP contribution in [0.15, 0.2) is 21.2 Å². The fraction of sp³-hybridized carbons (Fsp3) is 0.667. The molecule has 1 aromatic rings. The fourth-order valence-corrected chi connectivity index (χ4v) is 2.84. The summed E-state index contributed by atoms with van der Waals surface area (Å²) < 4.78 is 12.5. The number of likely N-dealkylation sites (N-methyl/N-ethyl adjacent to an activating group) is 1. The van der Waals surface area contributed by atoms with Gasteiger partial charge in [-0.25, -0.2) is 0 Å². The molecule has 0 spiro atoms. The number of rotatable bonds is 3. The van der Waals surface area contributed by atoms with E-state index in [1.807, 2.05) is 13.1 Å². The lowest BCUT2D eigenvalue weighted by Crippen LogP contribution is -2.44. The molecule has 0 bridgehead atoms. The van der Waals surface area contributed by atoms with E-state index in [1.54, 1.807) is 6.26 Å². The van der Waals surface area contributed by atoms with Gasteiger partial charge in [-0.3, -0.25) is 0 Å². The minimum absolute atomic E-state index is 0.0946. The van der Waals surface area contributed by atoms with Gasteiger partial charge >= 0.3 is 0 Å². The molecule has 1 fully saturated rings. The van der Waals surface area contributed by atoms with Crippen molar-refractivity contribution in [1.82, 2.24) is 5.32 Å². The molecule has 1 aliphatic rings. The Morgan fingerprint density at radius 1 is 1.50 bits per heavy atom. The number of ether oxygens (including phenoxy) is 1. The fourth-order valence-electron chi connectivity index (χ4n) is 2.41. The highest BCUT2D eigenvalue weighted by Crippen LogP contribution is 2.39. The van der Waals surface area contributed by atoms with Gasteiger partial charge in [-0.1, -0.05) is 0 Å². The highest BCUT2D eigenvalue weighted by molar-refractivity contribution is 9.10. The maximum atomic E-state index is 5.95. The molecule has 1 saturated heterocycles. The standard InChI is InChI=1S/C12H18BrNO2/c1-12(6-3-4-7-16-12)11(14-2)10-9(13)5-8-15-10/h5,8,11,14H,3-4,6-7H2,1-2H3. The summed E-state index contributed by atoms with van der Waals surface area (Å²) in [5, 5.41) is 3.31. The van der Waals surface area contributed by atoms with Crippen LogP contribution in [0.1, 0.15) is 38.0 Å². The Kier molecular flexibility index (Phi) is 3.72. The molecule has 2 heterocycles. The second-order valence-corrected chi connectivity index (χ2v) is 5.33. The van der Waals surface area contributed by atoms with Crippen LogP contribution < -0.4 is 5.32 Å². The van der Waals surface area contributed by atoms with Crippen LogP contribution in [0.2, 0.25) is 0 Å². The summed E-state index contributed by atoms with van der Waals surface area (Å²) in [6.45, 7) is 3.00. The Balaban J connectivity index is 2.24. The van der Waals surface area contributed by atoms with Crippen molar-refractivity contribution in [2.45, 2.75) is 37.8 Å². The van der Waals surface area contributed by atoms with Gasteiger partial charge in [0, 0.05) is 6.61 Å². The molecular weight excluding hydrogens is 270 g/mol. The summed E-state index contributed by atoms with van der Waals surface area (Å²) in [5.74, 6) is 0.923. The molecule has 0 amide bonds. The highest BCUT2D eigenvalue weighted by atomic mass is 79.9. The molecule has 0 saturated carbocycles. The van der Waals surface area contributed by atoms with Crippen LogP contribution in [0.3, 0.4) is 0 Å². The minimum atomic E-state index is -0.173. The van der Waals surface area contributed by atoms with E-state index in [4.69, 9.17) is 9.15 Å². The zero-order valence-corrected chi connectivity index (χ0v) is 11.3. The van der Waals surface area contributed by atoms with E-state index in [2.05, 4.69) is 28.2 Å². The third kappa shape index (κ3) is 2.19. The van der Waals surface area contributed by atoms with Gasteiger partial charge in [0.15, 0.2) is 0 Å². The van der Waals surface area contributed by atoms with Crippen molar-refractivity contribution in [2.24, 2.45) is 0 Å². The van der Waals surface area contributed by atoms with Gasteiger partial charge in [0.05, 0.1) is 22.4 Å².